The normalized spacial score (nSPS) is 14.7. The van der Waals surface area contributed by atoms with Gasteiger partial charge in [-0.05, 0) is 43.9 Å². The predicted octanol–water partition coefficient (Wildman–Crippen LogP) is 4.82. The Hall–Kier alpha value is -2.39. The first-order valence-corrected chi connectivity index (χ1v) is 9.69. The van der Waals surface area contributed by atoms with Crippen molar-refractivity contribution in [2.24, 2.45) is 0 Å². The molecule has 1 saturated heterocycles. The molecular formula is C23H27N3. The number of nitrogens with zero attached hydrogens (tertiary/aromatic N) is 2. The summed E-state index contributed by atoms with van der Waals surface area (Å²) in [5.74, 6) is 1.17. The summed E-state index contributed by atoms with van der Waals surface area (Å²) >= 11 is 0. The second kappa shape index (κ2) is 7.88. The lowest BCUT2D eigenvalue weighted by atomic mass is 10.1. The van der Waals surface area contributed by atoms with Gasteiger partial charge in [0.05, 0.1) is 5.52 Å². The lowest BCUT2D eigenvalue weighted by Gasteiger charge is -2.30. The zero-order chi connectivity index (χ0) is 17.8. The Bertz CT molecular complexity index is 882. The van der Waals surface area contributed by atoms with E-state index in [1.807, 2.05) is 0 Å². The van der Waals surface area contributed by atoms with E-state index in [1.165, 1.54) is 47.2 Å². The van der Waals surface area contributed by atoms with Crippen LogP contribution < -0.4 is 10.2 Å². The second-order valence-corrected chi connectivity index (χ2v) is 7.30. The minimum absolute atomic E-state index is 0.845. The van der Waals surface area contributed by atoms with E-state index in [0.29, 0.717) is 0 Å². The number of aryl methyl sites for hydroxylation is 1. The molecule has 3 aromatic rings. The molecule has 3 nitrogen and oxygen atoms in total. The molecule has 0 spiro atoms. The number of piperidine rings is 1. The number of nitrogens with one attached hydrogen (secondary N) is 1. The summed E-state index contributed by atoms with van der Waals surface area (Å²) in [5.41, 5.74) is 5.04. The minimum Gasteiger partial charge on any atom is -0.356 e. The number of aromatic nitrogens is 1. The Morgan fingerprint density at radius 3 is 2.62 bits per heavy atom. The molecule has 1 fully saturated rings. The largest absolute Gasteiger partial charge is 0.356 e. The highest BCUT2D eigenvalue weighted by Gasteiger charge is 2.16. The molecule has 0 atom stereocenters. The van der Waals surface area contributed by atoms with Gasteiger partial charge in [0.25, 0.3) is 0 Å². The van der Waals surface area contributed by atoms with Crippen LogP contribution in [0.4, 0.5) is 5.82 Å². The zero-order valence-electron chi connectivity index (χ0n) is 15.5. The van der Waals surface area contributed by atoms with Crippen molar-refractivity contribution >= 4 is 16.7 Å². The molecule has 1 N–H and O–H groups in total. The summed E-state index contributed by atoms with van der Waals surface area (Å²) in [7, 11) is 0. The van der Waals surface area contributed by atoms with E-state index in [-0.39, 0.29) is 0 Å². The predicted molar refractivity (Wildman–Crippen MR) is 110 cm³/mol. The number of hydrogen-bond donors (Lipinski definition) is 1. The first-order valence-electron chi connectivity index (χ1n) is 9.69. The number of benzene rings is 2. The molecule has 1 aliphatic heterocycles. The number of anilines is 1. The highest BCUT2D eigenvalue weighted by atomic mass is 15.2. The van der Waals surface area contributed by atoms with Gasteiger partial charge in [0.15, 0.2) is 0 Å². The number of pyridine rings is 1. The molecule has 3 heteroatoms. The molecule has 134 valence electrons. The van der Waals surface area contributed by atoms with Crippen LogP contribution in [0, 0.1) is 6.92 Å². The van der Waals surface area contributed by atoms with Crippen LogP contribution >= 0.6 is 0 Å². The van der Waals surface area contributed by atoms with Gasteiger partial charge in [0.2, 0.25) is 0 Å². The van der Waals surface area contributed by atoms with Crippen molar-refractivity contribution in [1.82, 2.24) is 10.3 Å². The van der Waals surface area contributed by atoms with Crippen LogP contribution in [0.5, 0.6) is 0 Å². The Morgan fingerprint density at radius 2 is 1.77 bits per heavy atom. The van der Waals surface area contributed by atoms with Gasteiger partial charge < -0.3 is 10.2 Å². The second-order valence-electron chi connectivity index (χ2n) is 7.30. The Balaban J connectivity index is 1.57. The van der Waals surface area contributed by atoms with Gasteiger partial charge >= 0.3 is 0 Å². The number of fused-ring (bicyclic) bond motifs is 1. The molecule has 0 radical (unpaired) electrons. The van der Waals surface area contributed by atoms with Crippen LogP contribution in [-0.2, 0) is 13.1 Å². The molecule has 2 aromatic carbocycles. The molecule has 4 rings (SSSR count). The van der Waals surface area contributed by atoms with Crippen molar-refractivity contribution in [1.29, 1.82) is 0 Å². The van der Waals surface area contributed by atoms with Crippen molar-refractivity contribution in [3.05, 3.63) is 71.3 Å². The Labute approximate surface area is 156 Å². The van der Waals surface area contributed by atoms with Crippen molar-refractivity contribution < 1.29 is 0 Å². The average Bonchev–Trinajstić information content (AvgIpc) is 2.68. The third-order valence-corrected chi connectivity index (χ3v) is 5.16. The first-order chi connectivity index (χ1) is 12.8. The number of para-hydroxylation sites is 1. The zero-order valence-corrected chi connectivity index (χ0v) is 15.5. The van der Waals surface area contributed by atoms with Crippen LogP contribution in [0.3, 0.4) is 0 Å². The molecular weight excluding hydrogens is 318 g/mol. The standard InChI is InChI=1S/C23H27N3/c1-18-8-7-9-19(14-18)16-24-17-21-15-20-10-3-4-11-22(20)25-23(21)26-12-5-2-6-13-26/h3-4,7-11,14-15,24H,2,5-6,12-13,16-17H2,1H3. The van der Waals surface area contributed by atoms with E-state index in [0.717, 1.165) is 31.7 Å². The molecule has 0 unspecified atom stereocenters. The quantitative estimate of drug-likeness (QED) is 0.718. The van der Waals surface area contributed by atoms with E-state index >= 15 is 0 Å². The summed E-state index contributed by atoms with van der Waals surface area (Å²) in [6, 6.07) is 19.5. The summed E-state index contributed by atoms with van der Waals surface area (Å²) in [6.07, 6.45) is 3.88. The van der Waals surface area contributed by atoms with Gasteiger partial charge in [-0.1, -0.05) is 48.0 Å². The number of rotatable bonds is 5. The molecule has 0 aliphatic carbocycles. The van der Waals surface area contributed by atoms with Crippen molar-refractivity contribution in [3.63, 3.8) is 0 Å². The van der Waals surface area contributed by atoms with E-state index in [4.69, 9.17) is 4.98 Å². The lowest BCUT2D eigenvalue weighted by Crippen LogP contribution is -2.31. The van der Waals surface area contributed by atoms with Crippen molar-refractivity contribution in [2.45, 2.75) is 39.3 Å². The SMILES string of the molecule is Cc1cccc(CNCc2cc3ccccc3nc2N2CCCCC2)c1. The fourth-order valence-electron chi connectivity index (χ4n) is 3.82. The summed E-state index contributed by atoms with van der Waals surface area (Å²) < 4.78 is 0. The monoisotopic (exact) mass is 345 g/mol. The highest BCUT2D eigenvalue weighted by molar-refractivity contribution is 5.81. The van der Waals surface area contributed by atoms with Crippen LogP contribution in [-0.4, -0.2) is 18.1 Å². The van der Waals surface area contributed by atoms with Crippen LogP contribution in [0.2, 0.25) is 0 Å². The highest BCUT2D eigenvalue weighted by Crippen LogP contribution is 2.26. The first kappa shape index (κ1) is 17.0. The van der Waals surface area contributed by atoms with Crippen LogP contribution in [0.25, 0.3) is 10.9 Å². The molecule has 2 heterocycles. The third kappa shape index (κ3) is 3.88. The van der Waals surface area contributed by atoms with E-state index in [1.54, 1.807) is 0 Å². The van der Waals surface area contributed by atoms with Gasteiger partial charge in [-0.3, -0.25) is 0 Å². The fourth-order valence-corrected chi connectivity index (χ4v) is 3.82. The smallest absolute Gasteiger partial charge is 0.133 e. The van der Waals surface area contributed by atoms with Crippen molar-refractivity contribution in [2.75, 3.05) is 18.0 Å². The molecule has 26 heavy (non-hydrogen) atoms. The Morgan fingerprint density at radius 1 is 0.923 bits per heavy atom. The molecule has 0 saturated carbocycles. The van der Waals surface area contributed by atoms with E-state index in [2.05, 4.69) is 71.7 Å². The van der Waals surface area contributed by atoms with Crippen LogP contribution in [0.15, 0.2) is 54.6 Å². The maximum atomic E-state index is 5.02. The van der Waals surface area contributed by atoms with E-state index < -0.39 is 0 Å². The van der Waals surface area contributed by atoms with Gasteiger partial charge in [0.1, 0.15) is 5.82 Å². The van der Waals surface area contributed by atoms with Gasteiger partial charge in [-0.2, -0.15) is 0 Å². The molecule has 0 amide bonds. The maximum Gasteiger partial charge on any atom is 0.133 e. The average molecular weight is 345 g/mol. The fraction of sp³-hybridized carbons (Fsp3) is 0.348. The summed E-state index contributed by atoms with van der Waals surface area (Å²) in [6.45, 7) is 6.11. The maximum absolute atomic E-state index is 5.02. The third-order valence-electron chi connectivity index (χ3n) is 5.16. The Kier molecular flexibility index (Phi) is 5.16. The topological polar surface area (TPSA) is 28.2 Å². The van der Waals surface area contributed by atoms with Gasteiger partial charge in [-0.15, -0.1) is 0 Å². The summed E-state index contributed by atoms with van der Waals surface area (Å²) in [5, 5.41) is 4.85. The minimum atomic E-state index is 0.845. The number of hydrogen-bond acceptors (Lipinski definition) is 3. The van der Waals surface area contributed by atoms with E-state index in [9.17, 15) is 0 Å². The molecule has 1 aliphatic rings. The lowest BCUT2D eigenvalue weighted by molar-refractivity contribution is 0.570. The van der Waals surface area contributed by atoms with Crippen molar-refractivity contribution in [3.8, 4) is 0 Å². The van der Waals surface area contributed by atoms with Gasteiger partial charge in [0, 0.05) is 37.1 Å². The summed E-state index contributed by atoms with van der Waals surface area (Å²) in [4.78, 5) is 7.50. The van der Waals surface area contributed by atoms with Gasteiger partial charge in [-0.25, -0.2) is 4.98 Å². The molecule has 0 bridgehead atoms. The van der Waals surface area contributed by atoms with Crippen LogP contribution in [0.1, 0.15) is 36.0 Å². The molecule has 1 aromatic heterocycles.